The maximum Gasteiger partial charge on any atom is 0.337 e. The third-order valence-electron chi connectivity index (χ3n) is 5.71. The summed E-state index contributed by atoms with van der Waals surface area (Å²) in [5, 5.41) is 3.54. The number of aryl methyl sites for hydroxylation is 2. The number of hydrogen-bond donors (Lipinski definition) is 1. The van der Waals surface area contributed by atoms with Gasteiger partial charge in [-0.25, -0.2) is 9.36 Å². The number of para-hydroxylation sites is 1. The van der Waals surface area contributed by atoms with Gasteiger partial charge in [-0.1, -0.05) is 35.9 Å². The minimum atomic E-state index is -0.423. The topological polar surface area (TPSA) is 78.0 Å². The number of nitrogens with one attached hydrogen (secondary N) is 1. The standard InChI is InChI=1S/C24H22N4O3/c1-15-8-10-16(11-9-15)25-19-14-20(29)26(2)22-21(19)23(30)28(18-12-13-18)24(31)27(22)17-6-4-3-5-7-17/h3-11,14,18,25H,12-13H2,1-2H3. The third kappa shape index (κ3) is 3.18. The van der Waals surface area contributed by atoms with Crippen LogP contribution in [0.4, 0.5) is 11.4 Å². The average Bonchev–Trinajstić information content (AvgIpc) is 3.59. The first-order chi connectivity index (χ1) is 15.0. The smallest absolute Gasteiger partial charge is 0.337 e. The van der Waals surface area contributed by atoms with Crippen LogP contribution in [0.15, 0.2) is 75.0 Å². The Bertz CT molecular complexity index is 1470. The van der Waals surface area contributed by atoms with E-state index in [2.05, 4.69) is 5.32 Å². The van der Waals surface area contributed by atoms with Gasteiger partial charge in [-0.05, 0) is 44.0 Å². The summed E-state index contributed by atoms with van der Waals surface area (Å²) in [7, 11) is 1.58. The molecule has 1 saturated carbocycles. The highest BCUT2D eigenvalue weighted by Gasteiger charge is 2.30. The van der Waals surface area contributed by atoms with E-state index >= 15 is 0 Å². The van der Waals surface area contributed by atoms with Gasteiger partial charge < -0.3 is 5.32 Å². The van der Waals surface area contributed by atoms with Crippen molar-refractivity contribution in [2.24, 2.45) is 7.05 Å². The van der Waals surface area contributed by atoms with Crippen molar-refractivity contribution in [2.75, 3.05) is 5.32 Å². The van der Waals surface area contributed by atoms with E-state index in [1.54, 1.807) is 19.2 Å². The Morgan fingerprint density at radius 1 is 0.935 bits per heavy atom. The zero-order valence-electron chi connectivity index (χ0n) is 17.3. The van der Waals surface area contributed by atoms with Crippen molar-refractivity contribution in [3.63, 3.8) is 0 Å². The van der Waals surface area contributed by atoms with Gasteiger partial charge in [-0.2, -0.15) is 0 Å². The summed E-state index contributed by atoms with van der Waals surface area (Å²) in [5.74, 6) is 0. The molecule has 0 saturated heterocycles. The number of nitrogens with zero attached hydrogens (tertiary/aromatic N) is 3. The van der Waals surface area contributed by atoms with Crippen LogP contribution in [0.2, 0.25) is 0 Å². The van der Waals surface area contributed by atoms with Gasteiger partial charge in [0.25, 0.3) is 11.1 Å². The number of aromatic nitrogens is 3. The zero-order chi connectivity index (χ0) is 21.7. The second-order valence-electron chi connectivity index (χ2n) is 8.00. The summed E-state index contributed by atoms with van der Waals surface area (Å²) in [5.41, 5.74) is 2.03. The van der Waals surface area contributed by atoms with Gasteiger partial charge >= 0.3 is 5.69 Å². The lowest BCUT2D eigenvalue weighted by molar-refractivity contribution is 0.637. The first-order valence-corrected chi connectivity index (χ1v) is 10.3. The fraction of sp³-hybridized carbons (Fsp3) is 0.208. The molecule has 7 heteroatoms. The molecule has 0 spiro atoms. The summed E-state index contributed by atoms with van der Waals surface area (Å²) in [6.45, 7) is 1.99. The lowest BCUT2D eigenvalue weighted by Crippen LogP contribution is -2.41. The molecular weight excluding hydrogens is 392 g/mol. The van der Waals surface area contributed by atoms with Gasteiger partial charge in [-0.3, -0.25) is 18.7 Å². The van der Waals surface area contributed by atoms with Gasteiger partial charge in [0.1, 0.15) is 11.0 Å². The van der Waals surface area contributed by atoms with E-state index in [0.29, 0.717) is 16.8 Å². The highest BCUT2D eigenvalue weighted by molar-refractivity contribution is 5.91. The Morgan fingerprint density at radius 2 is 1.61 bits per heavy atom. The number of hydrogen-bond acceptors (Lipinski definition) is 4. The largest absolute Gasteiger partial charge is 0.355 e. The van der Waals surface area contributed by atoms with Crippen LogP contribution >= 0.6 is 0 Å². The molecular formula is C24H22N4O3. The van der Waals surface area contributed by atoms with Crippen LogP contribution in [0.3, 0.4) is 0 Å². The van der Waals surface area contributed by atoms with Gasteiger partial charge in [0.15, 0.2) is 0 Å². The second kappa shape index (κ2) is 7.12. The maximum atomic E-state index is 13.5. The number of anilines is 2. The Labute approximate surface area is 177 Å². The molecule has 2 aromatic heterocycles. The molecule has 0 aliphatic heterocycles. The van der Waals surface area contributed by atoms with Gasteiger partial charge in [0.2, 0.25) is 0 Å². The first-order valence-electron chi connectivity index (χ1n) is 10.3. The van der Waals surface area contributed by atoms with E-state index in [1.807, 2.05) is 49.4 Å². The van der Waals surface area contributed by atoms with Crippen LogP contribution in [0, 0.1) is 6.92 Å². The molecule has 1 N–H and O–H groups in total. The fourth-order valence-electron chi connectivity index (χ4n) is 3.92. The molecule has 0 atom stereocenters. The van der Waals surface area contributed by atoms with Crippen molar-refractivity contribution in [3.8, 4) is 5.69 Å². The molecule has 5 rings (SSSR count). The fourth-order valence-corrected chi connectivity index (χ4v) is 3.92. The van der Waals surface area contributed by atoms with Crippen molar-refractivity contribution < 1.29 is 0 Å². The highest BCUT2D eigenvalue weighted by atomic mass is 16.2. The molecule has 156 valence electrons. The quantitative estimate of drug-likeness (QED) is 0.556. The highest BCUT2D eigenvalue weighted by Crippen LogP contribution is 2.33. The summed E-state index contributed by atoms with van der Waals surface area (Å²) in [6.07, 6.45) is 1.59. The van der Waals surface area contributed by atoms with Crippen LogP contribution in [0.1, 0.15) is 24.4 Å². The van der Waals surface area contributed by atoms with Crippen molar-refractivity contribution in [1.82, 2.24) is 13.7 Å². The summed E-state index contributed by atoms with van der Waals surface area (Å²) >= 11 is 0. The molecule has 2 heterocycles. The summed E-state index contributed by atoms with van der Waals surface area (Å²) in [4.78, 5) is 39.8. The van der Waals surface area contributed by atoms with Gasteiger partial charge in [0.05, 0.1) is 11.4 Å². The third-order valence-corrected chi connectivity index (χ3v) is 5.71. The second-order valence-corrected chi connectivity index (χ2v) is 8.00. The maximum absolute atomic E-state index is 13.5. The predicted molar refractivity (Wildman–Crippen MR) is 122 cm³/mol. The number of rotatable bonds is 4. The van der Waals surface area contributed by atoms with Crippen LogP contribution < -0.4 is 22.1 Å². The summed E-state index contributed by atoms with van der Waals surface area (Å²) in [6, 6.07) is 18.1. The van der Waals surface area contributed by atoms with Crippen LogP contribution in [0.5, 0.6) is 0 Å². The van der Waals surface area contributed by atoms with E-state index in [1.165, 1.54) is 19.8 Å². The Hall–Kier alpha value is -3.87. The SMILES string of the molecule is Cc1ccc(Nc2cc(=O)n(C)c3c2c(=O)n(C2CC2)c(=O)n3-c2ccccc2)cc1. The first kappa shape index (κ1) is 19.1. The molecule has 0 bridgehead atoms. The van der Waals surface area contributed by atoms with Crippen molar-refractivity contribution in [2.45, 2.75) is 25.8 Å². The van der Waals surface area contributed by atoms with Crippen molar-refractivity contribution in [1.29, 1.82) is 0 Å². The molecule has 1 aliphatic carbocycles. The molecule has 0 amide bonds. The predicted octanol–water partition coefficient (Wildman–Crippen LogP) is 3.24. The molecule has 31 heavy (non-hydrogen) atoms. The Balaban J connectivity index is 1.90. The normalized spacial score (nSPS) is 13.5. The Morgan fingerprint density at radius 3 is 2.26 bits per heavy atom. The van der Waals surface area contributed by atoms with Crippen molar-refractivity contribution >= 4 is 22.4 Å². The van der Waals surface area contributed by atoms with Crippen LogP contribution in [-0.2, 0) is 7.05 Å². The lowest BCUT2D eigenvalue weighted by Gasteiger charge is -2.18. The van der Waals surface area contributed by atoms with Crippen molar-refractivity contribution in [3.05, 3.63) is 97.4 Å². The molecule has 4 aromatic rings. The number of fused-ring (bicyclic) bond motifs is 1. The number of benzene rings is 2. The molecule has 1 aliphatic rings. The van der Waals surface area contributed by atoms with E-state index in [-0.39, 0.29) is 22.8 Å². The zero-order valence-corrected chi connectivity index (χ0v) is 17.3. The lowest BCUT2D eigenvalue weighted by atomic mass is 10.2. The van der Waals surface area contributed by atoms with E-state index < -0.39 is 5.69 Å². The molecule has 7 nitrogen and oxygen atoms in total. The minimum absolute atomic E-state index is 0.108. The monoisotopic (exact) mass is 414 g/mol. The van der Waals surface area contributed by atoms with E-state index in [0.717, 1.165) is 24.1 Å². The van der Waals surface area contributed by atoms with Crippen LogP contribution in [-0.4, -0.2) is 13.7 Å². The van der Waals surface area contributed by atoms with Gasteiger partial charge in [0, 0.05) is 24.8 Å². The molecule has 2 aromatic carbocycles. The minimum Gasteiger partial charge on any atom is -0.355 e. The average molecular weight is 414 g/mol. The van der Waals surface area contributed by atoms with E-state index in [9.17, 15) is 14.4 Å². The molecule has 0 unspecified atom stereocenters. The number of pyridine rings is 1. The van der Waals surface area contributed by atoms with E-state index in [4.69, 9.17) is 0 Å². The molecule has 1 fully saturated rings. The Kier molecular flexibility index (Phi) is 4.39. The molecule has 0 radical (unpaired) electrons. The van der Waals surface area contributed by atoms with Gasteiger partial charge in [-0.15, -0.1) is 0 Å². The summed E-state index contributed by atoms with van der Waals surface area (Å²) < 4.78 is 4.17. The van der Waals surface area contributed by atoms with Crippen LogP contribution in [0.25, 0.3) is 16.7 Å².